The van der Waals surface area contributed by atoms with E-state index in [-0.39, 0.29) is 17.1 Å². The van der Waals surface area contributed by atoms with E-state index in [0.29, 0.717) is 10.9 Å². The number of hydrogen-bond donors (Lipinski definition) is 1. The van der Waals surface area contributed by atoms with Crippen LogP contribution in [-0.2, 0) is 5.33 Å². The van der Waals surface area contributed by atoms with Crippen molar-refractivity contribution in [2.45, 2.75) is 11.8 Å². The zero-order valence-corrected chi connectivity index (χ0v) is 9.01. The second-order valence-corrected chi connectivity index (χ2v) is 3.11. The Balaban J connectivity index is 3.27. The third-order valence-corrected chi connectivity index (χ3v) is 2.34. The van der Waals surface area contributed by atoms with Gasteiger partial charge in [0.15, 0.2) is 0 Å². The summed E-state index contributed by atoms with van der Waals surface area (Å²) in [5, 5.41) is 0.329. The van der Waals surface area contributed by atoms with E-state index in [1.165, 1.54) is 7.11 Å². The number of aromatic nitrogens is 1. The van der Waals surface area contributed by atoms with Crippen molar-refractivity contribution in [3.8, 4) is 5.88 Å². The van der Waals surface area contributed by atoms with E-state index in [4.69, 9.17) is 10.5 Å². The number of pyridine rings is 1. The molecule has 0 atom stereocenters. The molecule has 78 valence electrons. The van der Waals surface area contributed by atoms with Crippen LogP contribution < -0.4 is 10.5 Å². The number of nitrogens with two attached hydrogens (primary N) is 1. The summed E-state index contributed by atoms with van der Waals surface area (Å²) >= 11 is 3.14. The summed E-state index contributed by atoms with van der Waals surface area (Å²) in [5.74, 6) is 0.267. The van der Waals surface area contributed by atoms with Crippen LogP contribution in [0.1, 0.15) is 17.6 Å². The zero-order valence-electron chi connectivity index (χ0n) is 7.43. The molecule has 1 aromatic heterocycles. The molecule has 0 saturated heterocycles. The normalized spacial score (nSPS) is 10.6. The van der Waals surface area contributed by atoms with Gasteiger partial charge in [-0.25, -0.2) is 13.8 Å². The molecular formula is C8H9BrF2N2O. The van der Waals surface area contributed by atoms with Crippen molar-refractivity contribution in [1.29, 1.82) is 0 Å². The molecule has 0 spiro atoms. The first-order valence-corrected chi connectivity index (χ1v) is 4.89. The van der Waals surface area contributed by atoms with Crippen LogP contribution in [0.4, 0.5) is 14.5 Å². The molecule has 0 radical (unpaired) electrons. The van der Waals surface area contributed by atoms with Crippen molar-refractivity contribution < 1.29 is 13.5 Å². The van der Waals surface area contributed by atoms with Crippen LogP contribution >= 0.6 is 15.9 Å². The average Bonchev–Trinajstić information content (AvgIpc) is 2.16. The van der Waals surface area contributed by atoms with Gasteiger partial charge in [0.25, 0.3) is 6.43 Å². The van der Waals surface area contributed by atoms with Crippen molar-refractivity contribution in [2.24, 2.45) is 0 Å². The van der Waals surface area contributed by atoms with E-state index in [1.54, 1.807) is 0 Å². The van der Waals surface area contributed by atoms with Gasteiger partial charge in [-0.15, -0.1) is 0 Å². The predicted octanol–water partition coefficient (Wildman–Crippen LogP) is 2.50. The van der Waals surface area contributed by atoms with Crippen LogP contribution in [0.25, 0.3) is 0 Å². The Labute approximate surface area is 88.4 Å². The molecule has 1 aromatic rings. The highest BCUT2D eigenvalue weighted by Gasteiger charge is 2.17. The van der Waals surface area contributed by atoms with Gasteiger partial charge in [-0.05, 0) is 0 Å². The summed E-state index contributed by atoms with van der Waals surface area (Å²) in [4.78, 5) is 3.74. The van der Waals surface area contributed by atoms with Gasteiger partial charge in [0, 0.05) is 17.1 Å². The molecule has 0 amide bonds. The first-order chi connectivity index (χ1) is 6.61. The molecule has 14 heavy (non-hydrogen) atoms. The fourth-order valence-corrected chi connectivity index (χ4v) is 1.59. The van der Waals surface area contributed by atoms with Crippen LogP contribution in [0.2, 0.25) is 0 Å². The van der Waals surface area contributed by atoms with Gasteiger partial charge >= 0.3 is 0 Å². The molecule has 0 aliphatic rings. The number of halogens is 3. The summed E-state index contributed by atoms with van der Waals surface area (Å²) in [6.07, 6.45) is -1.59. The van der Waals surface area contributed by atoms with Gasteiger partial charge in [0.2, 0.25) is 5.88 Å². The average molecular weight is 267 g/mol. The van der Waals surface area contributed by atoms with Gasteiger partial charge in [-0.3, -0.25) is 0 Å². The highest BCUT2D eigenvalue weighted by molar-refractivity contribution is 9.08. The number of anilines is 1. The monoisotopic (exact) mass is 266 g/mol. The molecule has 0 bridgehead atoms. The molecule has 6 heteroatoms. The van der Waals surface area contributed by atoms with E-state index >= 15 is 0 Å². The minimum absolute atomic E-state index is 0.0312. The maximum atomic E-state index is 12.4. The fraction of sp³-hybridized carbons (Fsp3) is 0.375. The Morgan fingerprint density at radius 3 is 2.71 bits per heavy atom. The van der Waals surface area contributed by atoms with E-state index < -0.39 is 6.43 Å². The molecule has 0 aliphatic heterocycles. The van der Waals surface area contributed by atoms with Crippen LogP contribution in [0.3, 0.4) is 0 Å². The van der Waals surface area contributed by atoms with Gasteiger partial charge in [0.1, 0.15) is 0 Å². The van der Waals surface area contributed by atoms with Crippen LogP contribution in [0, 0.1) is 0 Å². The first kappa shape index (κ1) is 11.2. The van der Waals surface area contributed by atoms with Gasteiger partial charge in [0.05, 0.1) is 18.4 Å². The van der Waals surface area contributed by atoms with E-state index in [0.717, 1.165) is 6.20 Å². The highest BCUT2D eigenvalue weighted by atomic mass is 79.9. The lowest BCUT2D eigenvalue weighted by Crippen LogP contribution is -2.03. The number of ether oxygens (including phenoxy) is 1. The highest BCUT2D eigenvalue weighted by Crippen LogP contribution is 2.32. The predicted molar refractivity (Wildman–Crippen MR) is 52.8 cm³/mol. The quantitative estimate of drug-likeness (QED) is 0.856. The summed E-state index contributed by atoms with van der Waals surface area (Å²) in [7, 11) is 1.41. The number of alkyl halides is 3. The molecule has 0 aliphatic carbocycles. The van der Waals surface area contributed by atoms with Gasteiger partial charge < -0.3 is 10.5 Å². The smallest absolute Gasteiger partial charge is 0.267 e. The lowest BCUT2D eigenvalue weighted by Gasteiger charge is -2.11. The molecule has 0 fully saturated rings. The number of nitrogen functional groups attached to an aromatic ring is 1. The number of hydrogen-bond acceptors (Lipinski definition) is 3. The van der Waals surface area contributed by atoms with E-state index in [2.05, 4.69) is 20.9 Å². The van der Waals surface area contributed by atoms with Crippen LogP contribution in [0.5, 0.6) is 5.88 Å². The second kappa shape index (κ2) is 4.54. The number of methoxy groups -OCH3 is 1. The lowest BCUT2D eigenvalue weighted by molar-refractivity contribution is 0.151. The maximum absolute atomic E-state index is 12.4. The fourth-order valence-electron chi connectivity index (χ4n) is 1.04. The number of rotatable bonds is 3. The number of nitrogens with zero attached hydrogens (tertiary/aromatic N) is 1. The molecule has 0 unspecified atom stereocenters. The lowest BCUT2D eigenvalue weighted by atomic mass is 10.1. The molecule has 1 heterocycles. The Kier molecular flexibility index (Phi) is 3.62. The van der Waals surface area contributed by atoms with Crippen molar-refractivity contribution in [3.63, 3.8) is 0 Å². The third-order valence-electron chi connectivity index (χ3n) is 1.78. The second-order valence-electron chi connectivity index (χ2n) is 2.55. The molecule has 0 aromatic carbocycles. The molecule has 3 nitrogen and oxygen atoms in total. The summed E-state index contributed by atoms with van der Waals surface area (Å²) in [6, 6.07) is 0. The topological polar surface area (TPSA) is 48.1 Å². The maximum Gasteiger partial charge on any atom is 0.267 e. The molecule has 1 rings (SSSR count). The van der Waals surface area contributed by atoms with Crippen LogP contribution in [-0.4, -0.2) is 12.1 Å². The summed E-state index contributed by atoms with van der Waals surface area (Å²) < 4.78 is 29.7. The summed E-state index contributed by atoms with van der Waals surface area (Å²) in [5.41, 5.74) is 5.76. The van der Waals surface area contributed by atoms with Gasteiger partial charge in [-0.1, -0.05) is 15.9 Å². The molecule has 2 N–H and O–H groups in total. The minimum atomic E-state index is -2.62. The Morgan fingerprint density at radius 1 is 1.64 bits per heavy atom. The van der Waals surface area contributed by atoms with Crippen molar-refractivity contribution in [1.82, 2.24) is 4.98 Å². The van der Waals surface area contributed by atoms with E-state index in [9.17, 15) is 8.78 Å². The SMILES string of the molecule is COc1ncc(C(F)F)c(N)c1CBr. The van der Waals surface area contributed by atoms with Crippen molar-refractivity contribution in [3.05, 3.63) is 17.3 Å². The minimum Gasteiger partial charge on any atom is -0.481 e. The zero-order chi connectivity index (χ0) is 10.7. The third kappa shape index (κ3) is 1.95. The Bertz CT molecular complexity index is 333. The van der Waals surface area contributed by atoms with Crippen molar-refractivity contribution >= 4 is 21.6 Å². The molecule has 0 saturated carbocycles. The van der Waals surface area contributed by atoms with Gasteiger partial charge in [-0.2, -0.15) is 0 Å². The standard InChI is InChI=1S/C8H9BrF2N2O/c1-14-8-4(2-9)6(12)5(3-13-8)7(10)11/h3,7H,2H2,1H3,(H2,12,13). The van der Waals surface area contributed by atoms with E-state index in [1.807, 2.05) is 0 Å². The Morgan fingerprint density at radius 2 is 2.29 bits per heavy atom. The van der Waals surface area contributed by atoms with Crippen LogP contribution in [0.15, 0.2) is 6.20 Å². The first-order valence-electron chi connectivity index (χ1n) is 3.77. The molecular weight excluding hydrogens is 258 g/mol. The largest absolute Gasteiger partial charge is 0.481 e. The van der Waals surface area contributed by atoms with Crippen molar-refractivity contribution in [2.75, 3.05) is 12.8 Å². The summed E-state index contributed by atoms with van der Waals surface area (Å²) in [6.45, 7) is 0. The Hall–Kier alpha value is -0.910.